The Bertz CT molecular complexity index is 675. The fourth-order valence-corrected chi connectivity index (χ4v) is 3.79. The number of carboxylic acid groups (broad SMARTS) is 1. The van der Waals surface area contributed by atoms with Crippen molar-refractivity contribution in [3.8, 4) is 5.75 Å². The maximum Gasteiger partial charge on any atom is 0.410 e. The first-order valence-corrected chi connectivity index (χ1v) is 9.82. The number of piperidine rings is 1. The van der Waals surface area contributed by atoms with E-state index in [0.717, 1.165) is 31.5 Å². The third-order valence-corrected chi connectivity index (χ3v) is 5.59. The summed E-state index contributed by atoms with van der Waals surface area (Å²) < 4.78 is 11.2. The third-order valence-electron chi connectivity index (χ3n) is 5.59. The molecule has 2 aliphatic heterocycles. The number of nitrogens with one attached hydrogen (secondary N) is 1. The van der Waals surface area contributed by atoms with Gasteiger partial charge in [-0.2, -0.15) is 0 Å². The molecule has 1 amide bonds. The van der Waals surface area contributed by atoms with E-state index in [-0.39, 0.29) is 31.3 Å². The number of hydrogen-bond acceptors (Lipinski definition) is 6. The minimum Gasteiger partial charge on any atom is -0.490 e. The molecular weight excluding hydrogens is 362 g/mol. The van der Waals surface area contributed by atoms with Gasteiger partial charge in [0.05, 0.1) is 6.54 Å². The molecular formula is C20H29N3O5. The number of cyclic esters (lactones) is 1. The maximum atomic E-state index is 12.3. The molecule has 8 heteroatoms. The van der Waals surface area contributed by atoms with Crippen LogP contribution in [0.1, 0.15) is 25.3 Å². The Balaban J connectivity index is 1.47. The molecule has 0 bridgehead atoms. The van der Waals surface area contributed by atoms with Crippen molar-refractivity contribution < 1.29 is 24.2 Å². The lowest BCUT2D eigenvalue weighted by Gasteiger charge is -2.33. The van der Waals surface area contributed by atoms with E-state index in [9.17, 15) is 9.59 Å². The van der Waals surface area contributed by atoms with Gasteiger partial charge in [0, 0.05) is 6.04 Å². The van der Waals surface area contributed by atoms with E-state index < -0.39 is 12.0 Å². The topological polar surface area (TPSA) is 114 Å². The van der Waals surface area contributed by atoms with Crippen LogP contribution in [0.3, 0.4) is 0 Å². The highest BCUT2D eigenvalue weighted by atomic mass is 16.6. The summed E-state index contributed by atoms with van der Waals surface area (Å²) >= 11 is 0. The number of nitrogens with two attached hydrogens (primary N) is 1. The van der Waals surface area contributed by atoms with Crippen molar-refractivity contribution in [1.82, 2.24) is 10.2 Å². The van der Waals surface area contributed by atoms with E-state index in [1.54, 1.807) is 24.3 Å². The first-order chi connectivity index (χ1) is 13.4. The summed E-state index contributed by atoms with van der Waals surface area (Å²) in [5.74, 6) is 0.124. The fraction of sp³-hybridized carbons (Fsp3) is 0.600. The maximum absolute atomic E-state index is 12.3. The van der Waals surface area contributed by atoms with Crippen LogP contribution in [0.2, 0.25) is 0 Å². The number of nitrogens with zero attached hydrogens (tertiary/aromatic N) is 1. The molecule has 154 valence electrons. The Labute approximate surface area is 165 Å². The molecule has 0 aliphatic carbocycles. The number of benzene rings is 1. The molecule has 2 heterocycles. The fourth-order valence-electron chi connectivity index (χ4n) is 3.79. The van der Waals surface area contributed by atoms with E-state index in [1.807, 2.05) is 4.90 Å². The van der Waals surface area contributed by atoms with Gasteiger partial charge in [-0.15, -0.1) is 0 Å². The van der Waals surface area contributed by atoms with Crippen molar-refractivity contribution >= 4 is 12.1 Å². The molecule has 2 fully saturated rings. The number of carboxylic acids is 1. The molecule has 4 N–H and O–H groups in total. The van der Waals surface area contributed by atoms with Crippen molar-refractivity contribution in [3.05, 3.63) is 29.8 Å². The van der Waals surface area contributed by atoms with E-state index in [0.29, 0.717) is 18.2 Å². The molecule has 0 aromatic heterocycles. The summed E-state index contributed by atoms with van der Waals surface area (Å²) in [5.41, 5.74) is 6.37. The normalized spacial score (nSPS) is 22.6. The Hall–Kier alpha value is -2.32. The smallest absolute Gasteiger partial charge is 0.410 e. The zero-order valence-electron chi connectivity index (χ0n) is 16.2. The molecule has 2 saturated heterocycles. The lowest BCUT2D eigenvalue weighted by molar-refractivity contribution is -0.138. The number of hydrogen-bond donors (Lipinski definition) is 3. The monoisotopic (exact) mass is 391 g/mol. The van der Waals surface area contributed by atoms with Crippen molar-refractivity contribution in [3.63, 3.8) is 0 Å². The van der Waals surface area contributed by atoms with Gasteiger partial charge in [0.1, 0.15) is 18.4 Å². The largest absolute Gasteiger partial charge is 0.490 e. The lowest BCUT2D eigenvalue weighted by atomic mass is 9.90. The summed E-state index contributed by atoms with van der Waals surface area (Å²) in [4.78, 5) is 24.9. The molecule has 3 unspecified atom stereocenters. The van der Waals surface area contributed by atoms with E-state index in [4.69, 9.17) is 20.3 Å². The van der Waals surface area contributed by atoms with E-state index >= 15 is 0 Å². The Morgan fingerprint density at radius 1 is 1.36 bits per heavy atom. The lowest BCUT2D eigenvalue weighted by Crippen LogP contribution is -2.43. The average molecular weight is 391 g/mol. The highest BCUT2D eigenvalue weighted by molar-refractivity contribution is 5.73. The SMILES string of the molecule is CC(C1CCNCC1)N1CC(COc2ccc(CC(N)C(=O)O)cc2)OC1=O. The standard InChI is InChI=1S/C20H29N3O5/c1-13(15-6-8-22-9-7-15)23-11-17(28-20(23)26)12-27-16-4-2-14(3-5-16)10-18(21)19(24)25/h2-5,13,15,17-18,22H,6-12,21H2,1H3,(H,24,25). The summed E-state index contributed by atoms with van der Waals surface area (Å²) in [7, 11) is 0. The van der Waals surface area contributed by atoms with Crippen LogP contribution < -0.4 is 15.8 Å². The minimum absolute atomic E-state index is 0.164. The zero-order valence-corrected chi connectivity index (χ0v) is 16.2. The van der Waals surface area contributed by atoms with Crippen LogP contribution in [0.25, 0.3) is 0 Å². The molecule has 1 aromatic carbocycles. The summed E-state index contributed by atoms with van der Waals surface area (Å²) in [6, 6.07) is 6.38. The average Bonchev–Trinajstić information content (AvgIpc) is 3.08. The highest BCUT2D eigenvalue weighted by Gasteiger charge is 2.37. The second-order valence-corrected chi connectivity index (χ2v) is 7.59. The van der Waals surface area contributed by atoms with Gasteiger partial charge in [-0.3, -0.25) is 4.79 Å². The van der Waals surface area contributed by atoms with E-state index in [1.165, 1.54) is 0 Å². The molecule has 3 rings (SSSR count). The Kier molecular flexibility index (Phi) is 6.74. The summed E-state index contributed by atoms with van der Waals surface area (Å²) in [5, 5.41) is 12.2. The van der Waals surface area contributed by atoms with Crippen LogP contribution in [-0.2, 0) is 16.0 Å². The minimum atomic E-state index is -1.02. The molecule has 28 heavy (non-hydrogen) atoms. The number of rotatable bonds is 8. The molecule has 0 saturated carbocycles. The van der Waals surface area contributed by atoms with Gasteiger partial charge in [0.25, 0.3) is 0 Å². The molecule has 0 spiro atoms. The first kappa shape index (κ1) is 20.4. The number of amides is 1. The Morgan fingerprint density at radius 3 is 2.68 bits per heavy atom. The molecule has 3 atom stereocenters. The molecule has 1 aromatic rings. The van der Waals surface area contributed by atoms with Gasteiger partial charge in [-0.25, -0.2) is 4.79 Å². The second kappa shape index (κ2) is 9.25. The van der Waals surface area contributed by atoms with Gasteiger partial charge in [0.15, 0.2) is 6.10 Å². The summed E-state index contributed by atoms with van der Waals surface area (Å²) in [6.45, 7) is 4.92. The number of carbonyl (C=O) groups is 2. The quantitative estimate of drug-likeness (QED) is 0.611. The second-order valence-electron chi connectivity index (χ2n) is 7.59. The van der Waals surface area contributed by atoms with Crippen LogP contribution in [0.15, 0.2) is 24.3 Å². The predicted octanol–water partition coefficient (Wildman–Crippen LogP) is 1.23. The Morgan fingerprint density at radius 2 is 2.04 bits per heavy atom. The van der Waals surface area contributed by atoms with Gasteiger partial charge in [-0.05, 0) is 62.9 Å². The van der Waals surface area contributed by atoms with Crippen molar-refractivity contribution in [1.29, 1.82) is 0 Å². The van der Waals surface area contributed by atoms with Crippen LogP contribution in [-0.4, -0.2) is 66.5 Å². The van der Waals surface area contributed by atoms with Crippen LogP contribution in [0.4, 0.5) is 4.79 Å². The first-order valence-electron chi connectivity index (χ1n) is 9.82. The van der Waals surface area contributed by atoms with E-state index in [2.05, 4.69) is 12.2 Å². The van der Waals surface area contributed by atoms with Crippen molar-refractivity contribution in [2.75, 3.05) is 26.2 Å². The third kappa shape index (κ3) is 5.14. The van der Waals surface area contributed by atoms with Crippen LogP contribution >= 0.6 is 0 Å². The zero-order chi connectivity index (χ0) is 20.1. The number of carbonyl (C=O) groups excluding carboxylic acids is 1. The van der Waals surface area contributed by atoms with Crippen molar-refractivity contribution in [2.45, 2.75) is 44.4 Å². The molecule has 0 radical (unpaired) electrons. The van der Waals surface area contributed by atoms with Crippen LogP contribution in [0, 0.1) is 5.92 Å². The molecule has 2 aliphatic rings. The number of ether oxygens (including phenoxy) is 2. The van der Waals surface area contributed by atoms with Crippen molar-refractivity contribution in [2.24, 2.45) is 11.7 Å². The van der Waals surface area contributed by atoms with Gasteiger partial charge in [0.2, 0.25) is 0 Å². The van der Waals surface area contributed by atoms with Gasteiger partial charge in [-0.1, -0.05) is 12.1 Å². The van der Waals surface area contributed by atoms with Gasteiger partial charge >= 0.3 is 12.1 Å². The summed E-state index contributed by atoms with van der Waals surface area (Å²) in [6.07, 6.45) is 1.85. The van der Waals surface area contributed by atoms with Gasteiger partial charge < -0.3 is 30.5 Å². The predicted molar refractivity (Wildman–Crippen MR) is 103 cm³/mol. The highest BCUT2D eigenvalue weighted by Crippen LogP contribution is 2.25. The number of aliphatic carboxylic acids is 1. The van der Waals surface area contributed by atoms with Crippen LogP contribution in [0.5, 0.6) is 5.75 Å². The molecule has 8 nitrogen and oxygen atoms in total.